The molecule has 0 spiro atoms. The number of benzene rings is 1. The van der Waals surface area contributed by atoms with Crippen molar-refractivity contribution >= 4 is 11.3 Å². The molecule has 0 bridgehead atoms. The third-order valence-corrected chi connectivity index (χ3v) is 5.63. The van der Waals surface area contributed by atoms with E-state index in [9.17, 15) is 0 Å². The number of hydrogen-bond donors (Lipinski definition) is 1. The lowest BCUT2D eigenvalue weighted by atomic mass is 9.79. The Balaban J connectivity index is 1.88. The highest BCUT2D eigenvalue weighted by Gasteiger charge is 2.39. The quantitative estimate of drug-likeness (QED) is 0.879. The molecule has 21 heavy (non-hydrogen) atoms. The minimum Gasteiger partial charge on any atom is -0.310 e. The standard InChI is InChI=1S/C18H24N2S/c1-14(2)19-12-16-13-20-17(21-16)18(10-6-7-11-18)15-8-4-3-5-9-15/h3-5,8-9,13-14,19H,6-7,10-12H2,1-2H3. The Morgan fingerprint density at radius 1 is 1.19 bits per heavy atom. The lowest BCUT2D eigenvalue weighted by Crippen LogP contribution is -2.23. The van der Waals surface area contributed by atoms with Gasteiger partial charge in [0.25, 0.3) is 0 Å². The van der Waals surface area contributed by atoms with E-state index in [1.165, 1.54) is 41.1 Å². The van der Waals surface area contributed by atoms with E-state index in [-0.39, 0.29) is 5.41 Å². The van der Waals surface area contributed by atoms with E-state index in [0.717, 1.165) is 6.54 Å². The first-order chi connectivity index (χ1) is 10.2. The average molecular weight is 300 g/mol. The van der Waals surface area contributed by atoms with Crippen LogP contribution < -0.4 is 5.32 Å². The van der Waals surface area contributed by atoms with Gasteiger partial charge in [-0.25, -0.2) is 4.98 Å². The zero-order valence-electron chi connectivity index (χ0n) is 12.9. The van der Waals surface area contributed by atoms with Crippen LogP contribution in [-0.2, 0) is 12.0 Å². The normalized spacial score (nSPS) is 17.5. The van der Waals surface area contributed by atoms with Crippen LogP contribution in [0.3, 0.4) is 0 Å². The number of hydrogen-bond acceptors (Lipinski definition) is 3. The molecule has 0 radical (unpaired) electrons. The van der Waals surface area contributed by atoms with E-state index in [4.69, 9.17) is 4.98 Å². The van der Waals surface area contributed by atoms with Gasteiger partial charge in [-0.3, -0.25) is 0 Å². The van der Waals surface area contributed by atoms with Gasteiger partial charge in [-0.1, -0.05) is 57.0 Å². The molecule has 1 aliphatic carbocycles. The van der Waals surface area contributed by atoms with Crippen LogP contribution >= 0.6 is 11.3 Å². The topological polar surface area (TPSA) is 24.9 Å². The van der Waals surface area contributed by atoms with Crippen LogP contribution in [0.15, 0.2) is 36.5 Å². The van der Waals surface area contributed by atoms with Crippen molar-refractivity contribution in [1.29, 1.82) is 0 Å². The van der Waals surface area contributed by atoms with E-state index >= 15 is 0 Å². The molecule has 0 atom stereocenters. The summed E-state index contributed by atoms with van der Waals surface area (Å²) in [5.41, 5.74) is 1.61. The van der Waals surface area contributed by atoms with E-state index in [2.05, 4.69) is 55.7 Å². The predicted molar refractivity (Wildman–Crippen MR) is 89.8 cm³/mol. The Hall–Kier alpha value is -1.19. The van der Waals surface area contributed by atoms with Crippen molar-refractivity contribution in [3.8, 4) is 0 Å². The summed E-state index contributed by atoms with van der Waals surface area (Å²) in [6.45, 7) is 5.30. The molecule has 0 unspecified atom stereocenters. The summed E-state index contributed by atoms with van der Waals surface area (Å²) in [5.74, 6) is 0. The maximum atomic E-state index is 4.80. The van der Waals surface area contributed by atoms with Gasteiger partial charge in [-0.2, -0.15) is 0 Å². The Bertz CT molecular complexity index is 568. The molecule has 3 heteroatoms. The second-order valence-electron chi connectivity index (χ2n) is 6.32. The molecule has 1 fully saturated rings. The Kier molecular flexibility index (Phi) is 4.41. The summed E-state index contributed by atoms with van der Waals surface area (Å²) >= 11 is 1.89. The second kappa shape index (κ2) is 6.29. The Labute approximate surface area is 131 Å². The fourth-order valence-electron chi connectivity index (χ4n) is 3.28. The monoisotopic (exact) mass is 300 g/mol. The van der Waals surface area contributed by atoms with Crippen LogP contribution in [0.25, 0.3) is 0 Å². The van der Waals surface area contributed by atoms with Crippen LogP contribution in [0.2, 0.25) is 0 Å². The molecule has 1 N–H and O–H groups in total. The van der Waals surface area contributed by atoms with Gasteiger partial charge in [-0.05, 0) is 18.4 Å². The molecular weight excluding hydrogens is 276 g/mol. The van der Waals surface area contributed by atoms with Gasteiger partial charge < -0.3 is 5.32 Å². The van der Waals surface area contributed by atoms with Crippen molar-refractivity contribution in [2.45, 2.75) is 57.5 Å². The van der Waals surface area contributed by atoms with Gasteiger partial charge in [0, 0.05) is 29.1 Å². The predicted octanol–water partition coefficient (Wildman–Crippen LogP) is 4.50. The molecule has 1 saturated carbocycles. The number of rotatable bonds is 5. The first kappa shape index (κ1) is 14.7. The maximum Gasteiger partial charge on any atom is 0.103 e. The summed E-state index contributed by atoms with van der Waals surface area (Å²) < 4.78 is 0. The summed E-state index contributed by atoms with van der Waals surface area (Å²) in [5, 5.41) is 4.80. The third-order valence-electron chi connectivity index (χ3n) is 4.43. The van der Waals surface area contributed by atoms with Gasteiger partial charge in [0.2, 0.25) is 0 Å². The van der Waals surface area contributed by atoms with Crippen LogP contribution in [0.1, 0.15) is 55.0 Å². The van der Waals surface area contributed by atoms with Crippen molar-refractivity contribution in [3.63, 3.8) is 0 Å². The number of thiazole rings is 1. The molecular formula is C18H24N2S. The molecule has 2 nitrogen and oxygen atoms in total. The zero-order valence-corrected chi connectivity index (χ0v) is 13.7. The average Bonchev–Trinajstić information content (AvgIpc) is 3.16. The summed E-state index contributed by atoms with van der Waals surface area (Å²) in [6.07, 6.45) is 7.17. The van der Waals surface area contributed by atoms with Crippen LogP contribution in [0.5, 0.6) is 0 Å². The maximum absolute atomic E-state index is 4.80. The Morgan fingerprint density at radius 2 is 1.90 bits per heavy atom. The zero-order chi connectivity index (χ0) is 14.7. The van der Waals surface area contributed by atoms with Gasteiger partial charge in [0.1, 0.15) is 5.01 Å². The molecule has 1 aromatic heterocycles. The van der Waals surface area contributed by atoms with Crippen molar-refractivity contribution < 1.29 is 0 Å². The molecule has 0 saturated heterocycles. The fraction of sp³-hybridized carbons (Fsp3) is 0.500. The number of nitrogens with zero attached hydrogens (tertiary/aromatic N) is 1. The molecule has 3 rings (SSSR count). The number of nitrogens with one attached hydrogen (secondary N) is 1. The first-order valence-corrected chi connectivity index (χ1v) is 8.76. The third kappa shape index (κ3) is 3.04. The molecule has 0 aliphatic heterocycles. The van der Waals surface area contributed by atoms with Gasteiger partial charge in [0.05, 0.1) is 0 Å². The minimum atomic E-state index is 0.169. The summed E-state index contributed by atoms with van der Waals surface area (Å²) in [7, 11) is 0. The minimum absolute atomic E-state index is 0.169. The van der Waals surface area contributed by atoms with Crippen molar-refractivity contribution in [2.75, 3.05) is 0 Å². The second-order valence-corrected chi connectivity index (χ2v) is 7.44. The summed E-state index contributed by atoms with van der Waals surface area (Å²) in [4.78, 5) is 6.15. The smallest absolute Gasteiger partial charge is 0.103 e. The molecule has 1 heterocycles. The van der Waals surface area contributed by atoms with Crippen molar-refractivity contribution in [3.05, 3.63) is 52.0 Å². The fourth-order valence-corrected chi connectivity index (χ4v) is 4.41. The highest BCUT2D eigenvalue weighted by molar-refractivity contribution is 7.11. The van der Waals surface area contributed by atoms with E-state index < -0.39 is 0 Å². The van der Waals surface area contributed by atoms with Gasteiger partial charge in [0.15, 0.2) is 0 Å². The van der Waals surface area contributed by atoms with Gasteiger partial charge >= 0.3 is 0 Å². The first-order valence-electron chi connectivity index (χ1n) is 7.95. The van der Waals surface area contributed by atoms with Crippen LogP contribution in [0.4, 0.5) is 0 Å². The van der Waals surface area contributed by atoms with Crippen molar-refractivity contribution in [2.24, 2.45) is 0 Å². The van der Waals surface area contributed by atoms with E-state index in [1.54, 1.807) is 0 Å². The van der Waals surface area contributed by atoms with E-state index in [0.29, 0.717) is 6.04 Å². The SMILES string of the molecule is CC(C)NCc1cnc(C2(c3ccccc3)CCCC2)s1. The van der Waals surface area contributed by atoms with Crippen LogP contribution in [-0.4, -0.2) is 11.0 Å². The molecule has 1 aromatic carbocycles. The summed E-state index contributed by atoms with van der Waals surface area (Å²) in [6, 6.07) is 11.5. The van der Waals surface area contributed by atoms with Crippen molar-refractivity contribution in [1.82, 2.24) is 10.3 Å². The largest absolute Gasteiger partial charge is 0.310 e. The highest BCUT2D eigenvalue weighted by Crippen LogP contribution is 2.47. The molecule has 0 amide bonds. The lowest BCUT2D eigenvalue weighted by Gasteiger charge is -2.27. The number of aromatic nitrogens is 1. The Morgan fingerprint density at radius 3 is 2.57 bits per heavy atom. The highest BCUT2D eigenvalue weighted by atomic mass is 32.1. The molecule has 2 aromatic rings. The molecule has 1 aliphatic rings. The van der Waals surface area contributed by atoms with Gasteiger partial charge in [-0.15, -0.1) is 11.3 Å². The molecule has 112 valence electrons. The lowest BCUT2D eigenvalue weighted by molar-refractivity contribution is 0.532. The van der Waals surface area contributed by atoms with Crippen LogP contribution in [0, 0.1) is 0 Å². The van der Waals surface area contributed by atoms with E-state index in [1.807, 2.05) is 11.3 Å².